The standard InChI is InChI=1S/C22H22N2O3/c1-16-17(2)24(15-20(16)18(3)25)27-22(26)21-12-8-14-23(21)13-7-11-19-9-5-4-6-10-19/h4-10,12-15H,11H2,1-3H3/b13-7+. The first-order valence-corrected chi connectivity index (χ1v) is 8.77. The minimum Gasteiger partial charge on any atom is -0.330 e. The summed E-state index contributed by atoms with van der Waals surface area (Å²) in [6.45, 7) is 5.15. The lowest BCUT2D eigenvalue weighted by atomic mass is 10.1. The minimum atomic E-state index is -0.488. The molecule has 0 fully saturated rings. The van der Waals surface area contributed by atoms with Crippen molar-refractivity contribution in [2.75, 3.05) is 0 Å². The molecule has 0 saturated heterocycles. The molecule has 27 heavy (non-hydrogen) atoms. The van der Waals surface area contributed by atoms with Gasteiger partial charge in [-0.25, -0.2) is 4.79 Å². The van der Waals surface area contributed by atoms with Crippen LogP contribution in [0.25, 0.3) is 6.20 Å². The summed E-state index contributed by atoms with van der Waals surface area (Å²) in [5.74, 6) is -0.546. The van der Waals surface area contributed by atoms with Crippen LogP contribution < -0.4 is 4.84 Å². The van der Waals surface area contributed by atoms with E-state index in [2.05, 4.69) is 12.1 Å². The molecule has 1 aromatic carbocycles. The Bertz CT molecular complexity index is 994. The van der Waals surface area contributed by atoms with Crippen molar-refractivity contribution in [3.8, 4) is 0 Å². The molecule has 0 unspecified atom stereocenters. The zero-order chi connectivity index (χ0) is 19.4. The molecule has 0 amide bonds. The average Bonchev–Trinajstić information content (AvgIpc) is 3.23. The molecule has 0 radical (unpaired) electrons. The van der Waals surface area contributed by atoms with Gasteiger partial charge in [0.25, 0.3) is 0 Å². The van der Waals surface area contributed by atoms with E-state index in [9.17, 15) is 9.59 Å². The summed E-state index contributed by atoms with van der Waals surface area (Å²) in [6, 6.07) is 13.6. The normalized spacial score (nSPS) is 11.1. The number of rotatable bonds is 6. The molecule has 3 rings (SSSR count). The van der Waals surface area contributed by atoms with E-state index in [4.69, 9.17) is 4.84 Å². The van der Waals surface area contributed by atoms with Crippen molar-refractivity contribution in [2.24, 2.45) is 0 Å². The van der Waals surface area contributed by atoms with E-state index in [1.807, 2.05) is 44.3 Å². The largest absolute Gasteiger partial charge is 0.380 e. The van der Waals surface area contributed by atoms with Crippen molar-refractivity contribution in [1.29, 1.82) is 0 Å². The Morgan fingerprint density at radius 3 is 2.48 bits per heavy atom. The molecule has 0 spiro atoms. The molecule has 2 aromatic heterocycles. The first-order chi connectivity index (χ1) is 13.0. The van der Waals surface area contributed by atoms with E-state index in [1.165, 1.54) is 17.2 Å². The highest BCUT2D eigenvalue weighted by Crippen LogP contribution is 2.16. The number of carbonyl (C=O) groups is 2. The van der Waals surface area contributed by atoms with Crippen molar-refractivity contribution in [1.82, 2.24) is 9.30 Å². The summed E-state index contributed by atoms with van der Waals surface area (Å²) in [4.78, 5) is 29.7. The molecule has 0 saturated carbocycles. The third-order valence-electron chi connectivity index (χ3n) is 4.53. The van der Waals surface area contributed by atoms with Crippen molar-refractivity contribution < 1.29 is 14.4 Å². The molecule has 0 N–H and O–H groups in total. The average molecular weight is 362 g/mol. The van der Waals surface area contributed by atoms with Gasteiger partial charge in [-0.3, -0.25) is 4.79 Å². The molecule has 0 bridgehead atoms. The number of hydrogen-bond donors (Lipinski definition) is 0. The summed E-state index contributed by atoms with van der Waals surface area (Å²) in [7, 11) is 0. The van der Waals surface area contributed by atoms with E-state index in [0.717, 1.165) is 17.7 Å². The molecule has 3 aromatic rings. The number of aromatic nitrogens is 2. The van der Waals surface area contributed by atoms with Gasteiger partial charge in [0.05, 0.1) is 11.9 Å². The number of hydrogen-bond acceptors (Lipinski definition) is 3. The first-order valence-electron chi connectivity index (χ1n) is 8.77. The van der Waals surface area contributed by atoms with Crippen LogP contribution in [0.4, 0.5) is 0 Å². The van der Waals surface area contributed by atoms with Gasteiger partial charge in [-0.2, -0.15) is 4.73 Å². The fourth-order valence-corrected chi connectivity index (χ4v) is 2.87. The Morgan fingerprint density at radius 1 is 1.07 bits per heavy atom. The van der Waals surface area contributed by atoms with E-state index in [1.54, 1.807) is 29.1 Å². The maximum Gasteiger partial charge on any atom is 0.380 e. The van der Waals surface area contributed by atoms with Crippen LogP contribution in [-0.4, -0.2) is 21.1 Å². The minimum absolute atomic E-state index is 0.0578. The fourth-order valence-electron chi connectivity index (χ4n) is 2.87. The second-order valence-corrected chi connectivity index (χ2v) is 6.39. The van der Waals surface area contributed by atoms with Crippen LogP contribution in [0, 0.1) is 13.8 Å². The third kappa shape index (κ3) is 4.08. The van der Waals surface area contributed by atoms with Crippen molar-refractivity contribution in [3.05, 3.63) is 89.0 Å². The quantitative estimate of drug-likeness (QED) is 0.621. The Balaban J connectivity index is 1.74. The summed E-state index contributed by atoms with van der Waals surface area (Å²) in [5, 5.41) is 0. The topological polar surface area (TPSA) is 53.2 Å². The number of ketones is 1. The summed E-state index contributed by atoms with van der Waals surface area (Å²) in [6.07, 6.45) is 7.96. The van der Waals surface area contributed by atoms with Crippen LogP contribution in [0.2, 0.25) is 0 Å². The molecule has 2 heterocycles. The fraction of sp³-hybridized carbons (Fsp3) is 0.182. The van der Waals surface area contributed by atoms with Gasteiger partial charge in [0, 0.05) is 18.0 Å². The Labute approximate surface area is 158 Å². The number of benzene rings is 1. The highest BCUT2D eigenvalue weighted by Gasteiger charge is 2.17. The molecule has 0 atom stereocenters. The Kier molecular flexibility index (Phi) is 5.41. The molecule has 0 aliphatic rings. The second-order valence-electron chi connectivity index (χ2n) is 6.39. The predicted octanol–water partition coefficient (Wildman–Crippen LogP) is 4.09. The van der Waals surface area contributed by atoms with Crippen LogP contribution in [0.15, 0.2) is 60.9 Å². The smallest absolute Gasteiger partial charge is 0.330 e. The summed E-state index contributed by atoms with van der Waals surface area (Å²) >= 11 is 0. The van der Waals surface area contributed by atoms with Gasteiger partial charge in [-0.05, 0) is 50.5 Å². The lowest BCUT2D eigenvalue weighted by Crippen LogP contribution is -2.22. The highest BCUT2D eigenvalue weighted by molar-refractivity contribution is 5.96. The van der Waals surface area contributed by atoms with Crippen molar-refractivity contribution in [2.45, 2.75) is 27.2 Å². The Morgan fingerprint density at radius 2 is 1.81 bits per heavy atom. The van der Waals surface area contributed by atoms with E-state index < -0.39 is 5.97 Å². The molecule has 138 valence electrons. The summed E-state index contributed by atoms with van der Waals surface area (Å²) in [5.41, 5.74) is 3.70. The number of Topliss-reactive ketones (excluding diaryl/α,β-unsaturated/α-hetero) is 1. The molecular weight excluding hydrogens is 340 g/mol. The summed E-state index contributed by atoms with van der Waals surface area (Å²) < 4.78 is 3.09. The second kappa shape index (κ2) is 7.91. The molecule has 0 aliphatic carbocycles. The molecule has 5 nitrogen and oxygen atoms in total. The van der Waals surface area contributed by atoms with Gasteiger partial charge in [0.2, 0.25) is 0 Å². The van der Waals surface area contributed by atoms with Crippen LogP contribution >= 0.6 is 0 Å². The van der Waals surface area contributed by atoms with Gasteiger partial charge in [-0.15, -0.1) is 0 Å². The zero-order valence-electron chi connectivity index (χ0n) is 15.7. The highest BCUT2D eigenvalue weighted by atomic mass is 16.7. The Hall–Kier alpha value is -3.34. The van der Waals surface area contributed by atoms with E-state index in [-0.39, 0.29) is 5.78 Å². The van der Waals surface area contributed by atoms with E-state index >= 15 is 0 Å². The maximum atomic E-state index is 12.6. The first kappa shape index (κ1) is 18.5. The van der Waals surface area contributed by atoms with E-state index in [0.29, 0.717) is 11.3 Å². The van der Waals surface area contributed by atoms with Crippen LogP contribution in [0.3, 0.4) is 0 Å². The lowest BCUT2D eigenvalue weighted by molar-refractivity contribution is 0.0443. The predicted molar refractivity (Wildman–Crippen MR) is 105 cm³/mol. The monoisotopic (exact) mass is 362 g/mol. The molecule has 0 aliphatic heterocycles. The third-order valence-corrected chi connectivity index (χ3v) is 4.53. The van der Waals surface area contributed by atoms with Crippen LogP contribution in [0.1, 0.15) is 44.6 Å². The molecular formula is C22H22N2O3. The number of nitrogens with zero attached hydrogens (tertiary/aromatic N) is 2. The van der Waals surface area contributed by atoms with Crippen LogP contribution in [0.5, 0.6) is 0 Å². The van der Waals surface area contributed by atoms with Crippen molar-refractivity contribution in [3.63, 3.8) is 0 Å². The van der Waals surface area contributed by atoms with Gasteiger partial charge in [0.1, 0.15) is 5.69 Å². The van der Waals surface area contributed by atoms with Crippen LogP contribution in [-0.2, 0) is 6.42 Å². The zero-order valence-corrected chi connectivity index (χ0v) is 15.7. The SMILES string of the molecule is CC(=O)c1cn(OC(=O)c2cccn2/C=C/Cc2ccccc2)c(C)c1C. The van der Waals surface area contributed by atoms with Gasteiger partial charge in [-0.1, -0.05) is 36.4 Å². The number of allylic oxidation sites excluding steroid dienone is 1. The van der Waals surface area contributed by atoms with Gasteiger partial charge >= 0.3 is 5.97 Å². The van der Waals surface area contributed by atoms with Gasteiger partial charge in [0.15, 0.2) is 5.78 Å². The van der Waals surface area contributed by atoms with Crippen molar-refractivity contribution >= 4 is 18.0 Å². The number of carbonyl (C=O) groups excluding carboxylic acids is 2. The maximum absolute atomic E-state index is 12.6. The van der Waals surface area contributed by atoms with Gasteiger partial charge < -0.3 is 9.40 Å². The lowest BCUT2D eigenvalue weighted by Gasteiger charge is -2.08. The molecule has 5 heteroatoms.